The van der Waals surface area contributed by atoms with Crippen LogP contribution in [-0.4, -0.2) is 28.3 Å². The largest absolute Gasteiger partial charge is 0.374 e. The Morgan fingerprint density at radius 1 is 1.10 bits per heavy atom. The Balaban J connectivity index is 1.91. The second kappa shape index (κ2) is 6.05. The van der Waals surface area contributed by atoms with Crippen molar-refractivity contribution in [2.24, 2.45) is 0 Å². The third kappa shape index (κ3) is 2.78. The maximum absolute atomic E-state index is 5.70. The molecule has 1 aliphatic heterocycles. The zero-order chi connectivity index (χ0) is 13.9. The molecule has 0 bridgehead atoms. The van der Waals surface area contributed by atoms with E-state index in [0.717, 1.165) is 40.2 Å². The van der Waals surface area contributed by atoms with Crippen molar-refractivity contribution in [3.8, 4) is 9.88 Å². The van der Waals surface area contributed by atoms with Crippen LogP contribution >= 0.6 is 22.7 Å². The molecule has 7 heteroatoms. The van der Waals surface area contributed by atoms with Crippen LogP contribution < -0.4 is 10.6 Å². The fraction of sp³-hybridized carbons (Fsp3) is 0.615. The lowest BCUT2D eigenvalue weighted by Gasteiger charge is -2.18. The zero-order valence-electron chi connectivity index (χ0n) is 11.6. The van der Waals surface area contributed by atoms with E-state index in [1.54, 1.807) is 11.3 Å². The maximum Gasteiger partial charge on any atom is 0.203 e. The Labute approximate surface area is 126 Å². The van der Waals surface area contributed by atoms with Gasteiger partial charge in [-0.05, 0) is 19.3 Å². The quantitative estimate of drug-likeness (QED) is 0.943. The van der Waals surface area contributed by atoms with Crippen molar-refractivity contribution in [3.63, 3.8) is 0 Å². The summed E-state index contributed by atoms with van der Waals surface area (Å²) in [6, 6.07) is 0. The van der Waals surface area contributed by atoms with E-state index in [-0.39, 0.29) is 0 Å². The van der Waals surface area contributed by atoms with E-state index in [2.05, 4.69) is 22.0 Å². The molecule has 1 fully saturated rings. The van der Waals surface area contributed by atoms with Crippen molar-refractivity contribution in [1.29, 1.82) is 0 Å². The van der Waals surface area contributed by atoms with Crippen molar-refractivity contribution in [1.82, 2.24) is 15.2 Å². The summed E-state index contributed by atoms with van der Waals surface area (Å²) in [7, 11) is 0. The second-order valence-corrected chi connectivity index (χ2v) is 6.96. The molecule has 0 atom stereocenters. The predicted octanol–water partition coefficient (Wildman–Crippen LogP) is 3.19. The molecule has 0 aromatic carbocycles. The highest BCUT2D eigenvalue weighted by Crippen LogP contribution is 2.37. The van der Waals surface area contributed by atoms with Crippen LogP contribution in [0.5, 0.6) is 0 Å². The number of aromatic nitrogens is 3. The summed E-state index contributed by atoms with van der Waals surface area (Å²) < 4.78 is 0. The highest BCUT2D eigenvalue weighted by atomic mass is 32.1. The number of hydrogen-bond donors (Lipinski definition) is 1. The molecule has 1 saturated heterocycles. The highest BCUT2D eigenvalue weighted by Gasteiger charge is 2.19. The third-order valence-corrected chi connectivity index (χ3v) is 5.60. The average molecular weight is 309 g/mol. The molecule has 0 radical (unpaired) electrons. The van der Waals surface area contributed by atoms with Crippen molar-refractivity contribution in [3.05, 3.63) is 5.69 Å². The smallest absolute Gasteiger partial charge is 0.203 e. The zero-order valence-corrected chi connectivity index (χ0v) is 13.3. The molecular formula is C13H19N5S2. The van der Waals surface area contributed by atoms with Crippen LogP contribution in [0.15, 0.2) is 0 Å². The molecule has 0 aliphatic carbocycles. The van der Waals surface area contributed by atoms with Gasteiger partial charge in [0.25, 0.3) is 0 Å². The summed E-state index contributed by atoms with van der Waals surface area (Å²) >= 11 is 3.18. The number of nitrogens with zero attached hydrogens (tertiary/aromatic N) is 4. The van der Waals surface area contributed by atoms with Gasteiger partial charge in [0.15, 0.2) is 10.1 Å². The minimum atomic E-state index is 0.520. The van der Waals surface area contributed by atoms with Gasteiger partial charge in [-0.3, -0.25) is 0 Å². The number of thiazole rings is 1. The van der Waals surface area contributed by atoms with Crippen LogP contribution in [0.1, 0.15) is 38.3 Å². The number of anilines is 2. The SMILES string of the molecule is CCc1nc(N2CCCCCC2)sc1-c1nnc(N)s1. The summed E-state index contributed by atoms with van der Waals surface area (Å²) in [6.45, 7) is 4.37. The summed E-state index contributed by atoms with van der Waals surface area (Å²) in [4.78, 5) is 8.38. The summed E-state index contributed by atoms with van der Waals surface area (Å²) in [5, 5.41) is 10.6. The summed E-state index contributed by atoms with van der Waals surface area (Å²) in [5.41, 5.74) is 6.81. The van der Waals surface area contributed by atoms with E-state index >= 15 is 0 Å². The number of hydrogen-bond acceptors (Lipinski definition) is 7. The maximum atomic E-state index is 5.70. The summed E-state index contributed by atoms with van der Waals surface area (Å²) in [6.07, 6.45) is 6.12. The number of nitrogen functional groups attached to an aromatic ring is 1. The van der Waals surface area contributed by atoms with E-state index < -0.39 is 0 Å². The first-order valence-corrected chi connectivity index (χ1v) is 8.75. The molecule has 3 heterocycles. The Hall–Kier alpha value is -1.21. The van der Waals surface area contributed by atoms with Gasteiger partial charge in [0.05, 0.1) is 10.6 Å². The molecule has 20 heavy (non-hydrogen) atoms. The fourth-order valence-corrected chi connectivity index (χ4v) is 4.38. The van der Waals surface area contributed by atoms with Crippen LogP contribution in [0, 0.1) is 0 Å². The first-order chi connectivity index (χ1) is 9.78. The van der Waals surface area contributed by atoms with Crippen LogP contribution in [0.25, 0.3) is 9.88 Å². The molecule has 2 aromatic rings. The molecule has 0 spiro atoms. The second-order valence-electron chi connectivity index (χ2n) is 4.97. The van der Waals surface area contributed by atoms with Crippen LogP contribution in [-0.2, 0) is 6.42 Å². The van der Waals surface area contributed by atoms with Crippen molar-refractivity contribution >= 4 is 32.9 Å². The van der Waals surface area contributed by atoms with E-state index in [1.807, 2.05) is 0 Å². The molecule has 3 rings (SSSR count). The minimum absolute atomic E-state index is 0.520. The van der Waals surface area contributed by atoms with Gasteiger partial charge in [0, 0.05) is 13.1 Å². The van der Waals surface area contributed by atoms with Gasteiger partial charge in [-0.25, -0.2) is 4.98 Å². The van der Waals surface area contributed by atoms with Gasteiger partial charge in [0.2, 0.25) is 5.13 Å². The van der Waals surface area contributed by atoms with E-state index in [9.17, 15) is 0 Å². The molecule has 0 saturated carbocycles. The molecular weight excluding hydrogens is 290 g/mol. The molecule has 1 aliphatic rings. The highest BCUT2D eigenvalue weighted by molar-refractivity contribution is 7.25. The molecule has 5 nitrogen and oxygen atoms in total. The molecule has 2 aromatic heterocycles. The van der Waals surface area contributed by atoms with Crippen LogP contribution in [0.2, 0.25) is 0 Å². The van der Waals surface area contributed by atoms with Gasteiger partial charge in [-0.2, -0.15) is 0 Å². The van der Waals surface area contributed by atoms with Gasteiger partial charge in [0.1, 0.15) is 0 Å². The molecule has 0 amide bonds. The molecule has 2 N–H and O–H groups in total. The minimum Gasteiger partial charge on any atom is -0.374 e. The third-order valence-electron chi connectivity index (χ3n) is 3.53. The Morgan fingerprint density at radius 3 is 2.45 bits per heavy atom. The fourth-order valence-electron chi connectivity index (χ4n) is 2.47. The van der Waals surface area contributed by atoms with Gasteiger partial charge >= 0.3 is 0 Å². The van der Waals surface area contributed by atoms with E-state index in [0.29, 0.717) is 5.13 Å². The van der Waals surface area contributed by atoms with E-state index in [4.69, 9.17) is 10.7 Å². The lowest BCUT2D eigenvalue weighted by atomic mass is 10.2. The number of nitrogens with two attached hydrogens (primary N) is 1. The molecule has 108 valence electrons. The van der Waals surface area contributed by atoms with Gasteiger partial charge in [-0.15, -0.1) is 10.2 Å². The molecule has 0 unspecified atom stereocenters. The lowest BCUT2D eigenvalue weighted by molar-refractivity contribution is 0.726. The van der Waals surface area contributed by atoms with Crippen LogP contribution in [0.4, 0.5) is 10.3 Å². The predicted molar refractivity (Wildman–Crippen MR) is 85.5 cm³/mol. The van der Waals surface area contributed by atoms with Crippen molar-refractivity contribution in [2.45, 2.75) is 39.0 Å². The Morgan fingerprint density at radius 2 is 1.85 bits per heavy atom. The first-order valence-electron chi connectivity index (χ1n) is 7.12. The Kier molecular flexibility index (Phi) is 4.16. The lowest BCUT2D eigenvalue weighted by Crippen LogP contribution is -2.23. The average Bonchev–Trinajstić information content (AvgIpc) is 2.97. The summed E-state index contributed by atoms with van der Waals surface area (Å²) in [5.74, 6) is 0. The van der Waals surface area contributed by atoms with Crippen LogP contribution in [0.3, 0.4) is 0 Å². The van der Waals surface area contributed by atoms with E-state index in [1.165, 1.54) is 37.0 Å². The Bertz CT molecular complexity index is 569. The normalized spacial score (nSPS) is 16.4. The number of aryl methyl sites for hydroxylation is 1. The monoisotopic (exact) mass is 309 g/mol. The van der Waals surface area contributed by atoms with Crippen molar-refractivity contribution in [2.75, 3.05) is 23.7 Å². The number of rotatable bonds is 3. The first kappa shape index (κ1) is 13.8. The topological polar surface area (TPSA) is 67.9 Å². The van der Waals surface area contributed by atoms with Crippen molar-refractivity contribution < 1.29 is 0 Å². The van der Waals surface area contributed by atoms with Gasteiger partial charge in [-0.1, -0.05) is 42.4 Å². The van der Waals surface area contributed by atoms with Gasteiger partial charge < -0.3 is 10.6 Å². The standard InChI is InChI=1S/C13H19N5S2/c1-2-9-10(11-16-17-12(14)20-11)19-13(15-9)18-7-5-3-4-6-8-18/h2-8H2,1H3,(H2,14,17).